The lowest BCUT2D eigenvalue weighted by Gasteiger charge is -2.09. The van der Waals surface area contributed by atoms with Gasteiger partial charge in [0.25, 0.3) is 0 Å². The van der Waals surface area contributed by atoms with Gasteiger partial charge in [0.1, 0.15) is 0 Å². The molecule has 0 N–H and O–H groups in total. The standard InChI is InChI=1S/C13H9NO/c15-11-4-5-12-10(9-11)6-8-14-7-2-1-3-13(12)14/h1-9H. The summed E-state index contributed by atoms with van der Waals surface area (Å²) in [6.45, 7) is 0. The molecule has 2 aliphatic rings. The molecule has 2 heteroatoms. The van der Waals surface area contributed by atoms with E-state index in [9.17, 15) is 4.79 Å². The number of rotatable bonds is 0. The molecule has 0 saturated heterocycles. The molecule has 0 amide bonds. The van der Waals surface area contributed by atoms with Gasteiger partial charge < -0.3 is 4.40 Å². The Hall–Kier alpha value is -2.09. The third kappa shape index (κ3) is 1.22. The second-order valence-corrected chi connectivity index (χ2v) is 3.56. The van der Waals surface area contributed by atoms with Gasteiger partial charge in [-0.1, -0.05) is 6.07 Å². The summed E-state index contributed by atoms with van der Waals surface area (Å²) < 4.78 is 2.05. The molecule has 0 atom stereocenters. The molecule has 0 radical (unpaired) electrons. The molecule has 0 spiro atoms. The topological polar surface area (TPSA) is 21.5 Å². The molecule has 72 valence electrons. The van der Waals surface area contributed by atoms with Gasteiger partial charge in [0.2, 0.25) is 0 Å². The molecule has 2 heterocycles. The summed E-state index contributed by atoms with van der Waals surface area (Å²) >= 11 is 0. The van der Waals surface area contributed by atoms with E-state index in [0.29, 0.717) is 0 Å². The van der Waals surface area contributed by atoms with Gasteiger partial charge in [-0.3, -0.25) is 4.79 Å². The van der Waals surface area contributed by atoms with E-state index >= 15 is 0 Å². The fourth-order valence-electron chi connectivity index (χ4n) is 1.89. The SMILES string of the molecule is O=c1ccc2c3ccccn3ccc-2c1. The highest BCUT2D eigenvalue weighted by Crippen LogP contribution is 2.24. The van der Waals surface area contributed by atoms with Crippen LogP contribution in [-0.2, 0) is 0 Å². The molecule has 0 fully saturated rings. The van der Waals surface area contributed by atoms with Crippen molar-refractivity contribution >= 4 is 5.52 Å². The van der Waals surface area contributed by atoms with E-state index in [4.69, 9.17) is 0 Å². The van der Waals surface area contributed by atoms with Crippen molar-refractivity contribution in [3.63, 3.8) is 0 Å². The Labute approximate surface area is 86.8 Å². The van der Waals surface area contributed by atoms with Crippen LogP contribution in [-0.4, -0.2) is 4.40 Å². The van der Waals surface area contributed by atoms with Crippen LogP contribution in [0.2, 0.25) is 0 Å². The number of pyridine rings is 2. The largest absolute Gasteiger partial charge is 0.323 e. The molecule has 0 aromatic carbocycles. The van der Waals surface area contributed by atoms with Gasteiger partial charge in [0.15, 0.2) is 5.43 Å². The van der Waals surface area contributed by atoms with E-state index < -0.39 is 0 Å². The van der Waals surface area contributed by atoms with Crippen molar-refractivity contribution in [3.05, 3.63) is 65.1 Å². The van der Waals surface area contributed by atoms with Gasteiger partial charge >= 0.3 is 0 Å². The monoisotopic (exact) mass is 195 g/mol. The maximum absolute atomic E-state index is 11.2. The molecule has 1 aromatic rings. The van der Waals surface area contributed by atoms with Crippen LogP contribution in [0, 0.1) is 0 Å². The lowest BCUT2D eigenvalue weighted by molar-refractivity contribution is 1.16. The summed E-state index contributed by atoms with van der Waals surface area (Å²) in [5.74, 6) is 0. The highest BCUT2D eigenvalue weighted by Gasteiger charge is 2.04. The third-order valence-electron chi connectivity index (χ3n) is 2.60. The summed E-state index contributed by atoms with van der Waals surface area (Å²) in [5.41, 5.74) is 3.28. The van der Waals surface area contributed by atoms with Crippen molar-refractivity contribution in [1.29, 1.82) is 0 Å². The first-order valence-corrected chi connectivity index (χ1v) is 4.84. The Morgan fingerprint density at radius 2 is 1.87 bits per heavy atom. The van der Waals surface area contributed by atoms with Crippen molar-refractivity contribution < 1.29 is 0 Å². The Kier molecular flexibility index (Phi) is 1.62. The predicted octanol–water partition coefficient (Wildman–Crippen LogP) is 2.40. The first kappa shape index (κ1) is 8.24. The van der Waals surface area contributed by atoms with Crippen LogP contribution in [0.5, 0.6) is 0 Å². The predicted molar refractivity (Wildman–Crippen MR) is 60.3 cm³/mol. The van der Waals surface area contributed by atoms with E-state index in [0.717, 1.165) is 16.6 Å². The highest BCUT2D eigenvalue weighted by atomic mass is 16.1. The second-order valence-electron chi connectivity index (χ2n) is 3.56. The molecule has 2 nitrogen and oxygen atoms in total. The maximum Gasteiger partial charge on any atom is 0.179 e. The van der Waals surface area contributed by atoms with Crippen LogP contribution >= 0.6 is 0 Å². The number of hydrogen-bond acceptors (Lipinski definition) is 1. The zero-order valence-corrected chi connectivity index (χ0v) is 8.05. The van der Waals surface area contributed by atoms with Crippen LogP contribution in [0.3, 0.4) is 0 Å². The third-order valence-corrected chi connectivity index (χ3v) is 2.60. The van der Waals surface area contributed by atoms with Gasteiger partial charge in [-0.2, -0.15) is 0 Å². The van der Waals surface area contributed by atoms with Crippen LogP contribution in [0.15, 0.2) is 59.7 Å². The van der Waals surface area contributed by atoms with Gasteiger partial charge in [-0.25, -0.2) is 0 Å². The van der Waals surface area contributed by atoms with Crippen LogP contribution in [0.1, 0.15) is 0 Å². The summed E-state index contributed by atoms with van der Waals surface area (Å²) in [6.07, 6.45) is 3.97. The van der Waals surface area contributed by atoms with Crippen LogP contribution in [0.4, 0.5) is 0 Å². The first-order valence-electron chi connectivity index (χ1n) is 4.84. The lowest BCUT2D eigenvalue weighted by Crippen LogP contribution is -2.00. The first-order chi connectivity index (χ1) is 7.34. The van der Waals surface area contributed by atoms with Crippen LogP contribution in [0.25, 0.3) is 16.6 Å². The lowest BCUT2D eigenvalue weighted by atomic mass is 10.0. The zero-order chi connectivity index (χ0) is 10.3. The van der Waals surface area contributed by atoms with Gasteiger partial charge in [-0.05, 0) is 42.0 Å². The Morgan fingerprint density at radius 3 is 2.80 bits per heavy atom. The molecule has 1 aliphatic carbocycles. The maximum atomic E-state index is 11.2. The quantitative estimate of drug-likeness (QED) is 0.505. The van der Waals surface area contributed by atoms with Gasteiger partial charge in [-0.15, -0.1) is 0 Å². The summed E-state index contributed by atoms with van der Waals surface area (Å²) in [4.78, 5) is 11.2. The average molecular weight is 195 g/mol. The minimum absolute atomic E-state index is 0.0581. The summed E-state index contributed by atoms with van der Waals surface area (Å²) in [7, 11) is 0. The molecular weight excluding hydrogens is 186 g/mol. The van der Waals surface area contributed by atoms with E-state index in [1.807, 2.05) is 47.1 Å². The molecule has 0 bridgehead atoms. The number of benzene rings is 1. The van der Waals surface area contributed by atoms with Crippen LogP contribution < -0.4 is 5.43 Å². The Balaban J connectivity index is 2.54. The number of aromatic nitrogens is 1. The van der Waals surface area contributed by atoms with Gasteiger partial charge in [0.05, 0.1) is 5.52 Å². The van der Waals surface area contributed by atoms with E-state index in [2.05, 4.69) is 0 Å². The second kappa shape index (κ2) is 2.95. The minimum Gasteiger partial charge on any atom is -0.323 e. The number of fused-ring (bicyclic) bond motifs is 3. The molecule has 1 aliphatic heterocycles. The van der Waals surface area contributed by atoms with E-state index in [-0.39, 0.29) is 5.43 Å². The smallest absolute Gasteiger partial charge is 0.179 e. The fraction of sp³-hybridized carbons (Fsp3) is 0. The zero-order valence-electron chi connectivity index (χ0n) is 8.05. The molecule has 0 unspecified atom stereocenters. The fourth-order valence-corrected chi connectivity index (χ4v) is 1.89. The molecule has 1 aromatic heterocycles. The number of hydrogen-bond donors (Lipinski definition) is 0. The summed E-state index contributed by atoms with van der Waals surface area (Å²) in [5, 5.41) is 0. The Morgan fingerprint density at radius 1 is 0.933 bits per heavy atom. The van der Waals surface area contributed by atoms with E-state index in [1.54, 1.807) is 12.1 Å². The number of nitrogens with zero attached hydrogens (tertiary/aromatic N) is 1. The van der Waals surface area contributed by atoms with E-state index in [1.165, 1.54) is 0 Å². The summed E-state index contributed by atoms with van der Waals surface area (Å²) in [6, 6.07) is 13.2. The van der Waals surface area contributed by atoms with Crippen molar-refractivity contribution in [1.82, 2.24) is 4.40 Å². The minimum atomic E-state index is 0.0581. The molecular formula is C13H9NO. The highest BCUT2D eigenvalue weighted by molar-refractivity contribution is 5.80. The normalized spacial score (nSPS) is 10.9. The van der Waals surface area contributed by atoms with Gasteiger partial charge in [0, 0.05) is 18.0 Å². The average Bonchev–Trinajstić information content (AvgIpc) is 2.28. The van der Waals surface area contributed by atoms with Crippen molar-refractivity contribution in [3.8, 4) is 11.1 Å². The van der Waals surface area contributed by atoms with Crippen molar-refractivity contribution in [2.45, 2.75) is 0 Å². The molecule has 0 saturated carbocycles. The van der Waals surface area contributed by atoms with Crippen molar-refractivity contribution in [2.24, 2.45) is 0 Å². The molecule has 3 rings (SSSR count). The molecule has 15 heavy (non-hydrogen) atoms. The Bertz CT molecular complexity index is 654. The van der Waals surface area contributed by atoms with Crippen molar-refractivity contribution in [2.75, 3.05) is 0 Å².